The molecule has 1 aromatic heterocycles. The minimum absolute atomic E-state index is 0.340. The SMILES string of the molecule is Cc1c(N)cnc(F)c1Br. The van der Waals surface area contributed by atoms with Gasteiger partial charge in [-0.3, -0.25) is 0 Å². The lowest BCUT2D eigenvalue weighted by atomic mass is 10.3. The van der Waals surface area contributed by atoms with Gasteiger partial charge in [0, 0.05) is 0 Å². The quantitative estimate of drug-likeness (QED) is 0.656. The summed E-state index contributed by atoms with van der Waals surface area (Å²) in [4.78, 5) is 3.40. The van der Waals surface area contributed by atoms with Crippen molar-refractivity contribution in [1.29, 1.82) is 0 Å². The molecular weight excluding hydrogens is 199 g/mol. The summed E-state index contributed by atoms with van der Waals surface area (Å²) in [7, 11) is 0. The van der Waals surface area contributed by atoms with Gasteiger partial charge < -0.3 is 5.73 Å². The number of aromatic nitrogens is 1. The maximum absolute atomic E-state index is 12.5. The van der Waals surface area contributed by atoms with Gasteiger partial charge in [-0.05, 0) is 28.4 Å². The average Bonchev–Trinajstić information content (AvgIpc) is 1.93. The van der Waals surface area contributed by atoms with E-state index in [0.29, 0.717) is 15.7 Å². The lowest BCUT2D eigenvalue weighted by Gasteiger charge is -2.00. The van der Waals surface area contributed by atoms with E-state index in [4.69, 9.17) is 5.73 Å². The Bertz CT molecular complexity index is 235. The number of nitrogens with two attached hydrogens (primary N) is 1. The zero-order valence-corrected chi connectivity index (χ0v) is 6.94. The highest BCUT2D eigenvalue weighted by atomic mass is 79.9. The van der Waals surface area contributed by atoms with E-state index in [9.17, 15) is 4.39 Å². The van der Waals surface area contributed by atoms with E-state index in [2.05, 4.69) is 20.9 Å². The maximum Gasteiger partial charge on any atom is 0.227 e. The van der Waals surface area contributed by atoms with Crippen LogP contribution in [-0.4, -0.2) is 4.98 Å². The van der Waals surface area contributed by atoms with Gasteiger partial charge in [-0.2, -0.15) is 4.39 Å². The molecule has 2 nitrogen and oxygen atoms in total. The van der Waals surface area contributed by atoms with Gasteiger partial charge in [0.05, 0.1) is 16.4 Å². The zero-order chi connectivity index (χ0) is 7.72. The highest BCUT2D eigenvalue weighted by molar-refractivity contribution is 9.10. The molecular formula is C6H6BrFN2. The number of hydrogen-bond acceptors (Lipinski definition) is 2. The summed E-state index contributed by atoms with van der Waals surface area (Å²) in [6, 6.07) is 0. The maximum atomic E-state index is 12.5. The summed E-state index contributed by atoms with van der Waals surface area (Å²) >= 11 is 3.01. The molecule has 0 spiro atoms. The van der Waals surface area contributed by atoms with E-state index in [0.717, 1.165) is 0 Å². The van der Waals surface area contributed by atoms with E-state index in [1.807, 2.05) is 0 Å². The van der Waals surface area contributed by atoms with Crippen molar-refractivity contribution in [1.82, 2.24) is 4.98 Å². The summed E-state index contributed by atoms with van der Waals surface area (Å²) in [5, 5.41) is 0. The molecule has 0 fully saturated rings. The van der Waals surface area contributed by atoms with Crippen LogP contribution in [-0.2, 0) is 0 Å². The Labute approximate surface area is 66.4 Å². The Morgan fingerprint density at radius 3 is 2.80 bits per heavy atom. The van der Waals surface area contributed by atoms with Crippen LogP contribution in [0.1, 0.15) is 5.56 Å². The van der Waals surface area contributed by atoms with Gasteiger partial charge in [0.15, 0.2) is 0 Å². The van der Waals surface area contributed by atoms with Crippen LogP contribution in [0.5, 0.6) is 0 Å². The molecule has 0 atom stereocenters. The van der Waals surface area contributed by atoms with Crippen molar-refractivity contribution in [2.24, 2.45) is 0 Å². The van der Waals surface area contributed by atoms with Crippen molar-refractivity contribution in [2.75, 3.05) is 5.73 Å². The molecule has 10 heavy (non-hydrogen) atoms. The van der Waals surface area contributed by atoms with E-state index in [-0.39, 0.29) is 0 Å². The minimum Gasteiger partial charge on any atom is -0.397 e. The van der Waals surface area contributed by atoms with Gasteiger partial charge in [-0.15, -0.1) is 0 Å². The standard InChI is InChI=1S/C6H6BrFN2/c1-3-4(9)2-10-6(8)5(3)7/h2H,9H2,1H3. The Kier molecular flexibility index (Phi) is 1.89. The fourth-order valence-corrected chi connectivity index (χ4v) is 0.892. The summed E-state index contributed by atoms with van der Waals surface area (Å²) in [6.45, 7) is 1.73. The molecule has 0 aliphatic rings. The van der Waals surface area contributed by atoms with Crippen LogP contribution in [0.2, 0.25) is 0 Å². The van der Waals surface area contributed by atoms with Gasteiger partial charge in [-0.25, -0.2) is 4.98 Å². The highest BCUT2D eigenvalue weighted by Gasteiger charge is 2.04. The van der Waals surface area contributed by atoms with Crippen molar-refractivity contribution in [2.45, 2.75) is 6.92 Å². The lowest BCUT2D eigenvalue weighted by Crippen LogP contribution is -1.95. The van der Waals surface area contributed by atoms with Crippen molar-refractivity contribution < 1.29 is 4.39 Å². The Morgan fingerprint density at radius 1 is 1.70 bits per heavy atom. The molecule has 4 heteroatoms. The van der Waals surface area contributed by atoms with Gasteiger partial charge in [0.2, 0.25) is 5.95 Å². The molecule has 1 rings (SSSR count). The second-order valence-corrected chi connectivity index (χ2v) is 2.74. The van der Waals surface area contributed by atoms with Crippen molar-refractivity contribution in [3.05, 3.63) is 22.2 Å². The number of anilines is 1. The van der Waals surface area contributed by atoms with Crippen molar-refractivity contribution in [3.8, 4) is 0 Å². The fraction of sp³-hybridized carbons (Fsp3) is 0.167. The van der Waals surface area contributed by atoms with Gasteiger partial charge in [0.1, 0.15) is 0 Å². The molecule has 1 heterocycles. The molecule has 0 saturated carbocycles. The molecule has 54 valence electrons. The fourth-order valence-electron chi connectivity index (χ4n) is 0.561. The predicted octanol–water partition coefficient (Wildman–Crippen LogP) is 1.87. The monoisotopic (exact) mass is 204 g/mol. The molecule has 0 amide bonds. The molecule has 0 radical (unpaired) electrons. The second kappa shape index (κ2) is 2.54. The first kappa shape index (κ1) is 7.47. The van der Waals surface area contributed by atoms with Crippen LogP contribution in [0, 0.1) is 12.9 Å². The molecule has 0 aliphatic carbocycles. The number of pyridine rings is 1. The van der Waals surface area contributed by atoms with Crippen molar-refractivity contribution in [3.63, 3.8) is 0 Å². The normalized spacial score (nSPS) is 9.90. The summed E-state index contributed by atoms with van der Waals surface area (Å²) < 4.78 is 12.9. The third-order valence-electron chi connectivity index (χ3n) is 1.26. The molecule has 0 unspecified atom stereocenters. The van der Waals surface area contributed by atoms with Crippen LogP contribution in [0.3, 0.4) is 0 Å². The van der Waals surface area contributed by atoms with Gasteiger partial charge in [-0.1, -0.05) is 0 Å². The first-order valence-electron chi connectivity index (χ1n) is 2.69. The van der Waals surface area contributed by atoms with Crippen LogP contribution < -0.4 is 5.73 Å². The van der Waals surface area contributed by atoms with Crippen LogP contribution >= 0.6 is 15.9 Å². The lowest BCUT2D eigenvalue weighted by molar-refractivity contribution is 0.575. The molecule has 1 aromatic rings. The predicted molar refractivity (Wildman–Crippen MR) is 41.0 cm³/mol. The van der Waals surface area contributed by atoms with E-state index in [1.54, 1.807) is 6.92 Å². The number of hydrogen-bond donors (Lipinski definition) is 1. The molecule has 0 aliphatic heterocycles. The summed E-state index contributed by atoms with van der Waals surface area (Å²) in [5.41, 5.74) is 6.61. The van der Waals surface area contributed by atoms with Gasteiger partial charge >= 0.3 is 0 Å². The minimum atomic E-state index is -0.522. The van der Waals surface area contributed by atoms with E-state index >= 15 is 0 Å². The number of halogens is 2. The summed E-state index contributed by atoms with van der Waals surface area (Å²) in [6.07, 6.45) is 1.30. The molecule has 0 saturated heterocycles. The number of nitrogen functional groups attached to an aromatic ring is 1. The smallest absolute Gasteiger partial charge is 0.227 e. The third-order valence-corrected chi connectivity index (χ3v) is 2.18. The molecule has 0 bridgehead atoms. The third kappa shape index (κ3) is 1.11. The molecule has 2 N–H and O–H groups in total. The summed E-state index contributed by atoms with van der Waals surface area (Å²) in [5.74, 6) is -0.522. The largest absolute Gasteiger partial charge is 0.397 e. The topological polar surface area (TPSA) is 38.9 Å². The second-order valence-electron chi connectivity index (χ2n) is 1.94. The van der Waals surface area contributed by atoms with Crippen molar-refractivity contribution >= 4 is 21.6 Å². The van der Waals surface area contributed by atoms with Crippen LogP contribution in [0.25, 0.3) is 0 Å². The average molecular weight is 205 g/mol. The van der Waals surface area contributed by atoms with E-state index < -0.39 is 5.95 Å². The number of rotatable bonds is 0. The van der Waals surface area contributed by atoms with Crippen LogP contribution in [0.4, 0.5) is 10.1 Å². The Morgan fingerprint density at radius 2 is 2.30 bits per heavy atom. The first-order valence-corrected chi connectivity index (χ1v) is 3.48. The van der Waals surface area contributed by atoms with E-state index in [1.165, 1.54) is 6.20 Å². The zero-order valence-electron chi connectivity index (χ0n) is 5.36. The molecule has 0 aromatic carbocycles. The Hall–Kier alpha value is -0.640. The van der Waals surface area contributed by atoms with Crippen LogP contribution in [0.15, 0.2) is 10.7 Å². The Balaban J connectivity index is 3.34. The number of nitrogens with zero attached hydrogens (tertiary/aromatic N) is 1. The highest BCUT2D eigenvalue weighted by Crippen LogP contribution is 2.22. The van der Waals surface area contributed by atoms with Gasteiger partial charge in [0.25, 0.3) is 0 Å². The first-order chi connectivity index (χ1) is 4.63.